The molecule has 29 heavy (non-hydrogen) atoms. The monoisotopic (exact) mass is 419 g/mol. The standard InChI is InChI=1S/C19H19F2N5O2S/c20-13-10-14(21)17-16(11-13)29-19(24-17)26(18(27)15-12-22-2-3-23-15)5-1-4-25-6-8-28-9-7-25/h2-3,10-12H,1,4-9H2. The lowest BCUT2D eigenvalue weighted by atomic mass is 10.3. The summed E-state index contributed by atoms with van der Waals surface area (Å²) in [6, 6.07) is 2.01. The summed E-state index contributed by atoms with van der Waals surface area (Å²) in [5.41, 5.74) is 0.223. The number of amides is 1. The largest absolute Gasteiger partial charge is 0.379 e. The van der Waals surface area contributed by atoms with E-state index in [0.717, 1.165) is 37.0 Å². The third kappa shape index (κ3) is 4.55. The van der Waals surface area contributed by atoms with E-state index >= 15 is 0 Å². The average Bonchev–Trinajstić information content (AvgIpc) is 3.16. The van der Waals surface area contributed by atoms with Gasteiger partial charge in [-0.25, -0.2) is 18.7 Å². The number of aromatic nitrogens is 3. The number of carbonyl (C=O) groups is 1. The summed E-state index contributed by atoms with van der Waals surface area (Å²) in [6.45, 7) is 4.27. The summed E-state index contributed by atoms with van der Waals surface area (Å²) >= 11 is 1.07. The summed E-state index contributed by atoms with van der Waals surface area (Å²) in [4.78, 5) is 29.1. The average molecular weight is 419 g/mol. The maximum Gasteiger partial charge on any atom is 0.280 e. The maximum absolute atomic E-state index is 14.1. The van der Waals surface area contributed by atoms with Crippen LogP contribution in [0.4, 0.5) is 13.9 Å². The van der Waals surface area contributed by atoms with E-state index in [-0.39, 0.29) is 17.1 Å². The van der Waals surface area contributed by atoms with Gasteiger partial charge >= 0.3 is 0 Å². The lowest BCUT2D eigenvalue weighted by Gasteiger charge is -2.27. The smallest absolute Gasteiger partial charge is 0.280 e. The Morgan fingerprint density at radius 1 is 1.24 bits per heavy atom. The van der Waals surface area contributed by atoms with Gasteiger partial charge in [-0.1, -0.05) is 11.3 Å². The molecule has 0 saturated carbocycles. The van der Waals surface area contributed by atoms with Crippen molar-refractivity contribution in [2.75, 3.05) is 44.3 Å². The van der Waals surface area contributed by atoms with Gasteiger partial charge in [0, 0.05) is 44.6 Å². The van der Waals surface area contributed by atoms with Gasteiger partial charge in [0.1, 0.15) is 17.0 Å². The number of anilines is 1. The number of hydrogen-bond acceptors (Lipinski definition) is 7. The number of nitrogens with zero attached hydrogens (tertiary/aromatic N) is 5. The molecule has 3 heterocycles. The molecule has 3 aromatic rings. The predicted molar refractivity (Wildman–Crippen MR) is 105 cm³/mol. The highest BCUT2D eigenvalue weighted by Crippen LogP contribution is 2.32. The van der Waals surface area contributed by atoms with E-state index in [1.807, 2.05) is 0 Å². The van der Waals surface area contributed by atoms with Crippen LogP contribution in [0.3, 0.4) is 0 Å². The third-order valence-corrected chi connectivity index (χ3v) is 5.65. The van der Waals surface area contributed by atoms with E-state index in [1.165, 1.54) is 29.6 Å². The highest BCUT2D eigenvalue weighted by atomic mass is 32.1. The van der Waals surface area contributed by atoms with Gasteiger partial charge in [0.15, 0.2) is 10.9 Å². The Bertz CT molecular complexity index is 995. The Hall–Kier alpha value is -2.56. The van der Waals surface area contributed by atoms with Crippen molar-refractivity contribution in [3.8, 4) is 0 Å². The van der Waals surface area contributed by atoms with E-state index in [2.05, 4.69) is 19.9 Å². The molecule has 0 N–H and O–H groups in total. The van der Waals surface area contributed by atoms with Gasteiger partial charge in [-0.15, -0.1) is 0 Å². The van der Waals surface area contributed by atoms with Crippen molar-refractivity contribution in [1.29, 1.82) is 0 Å². The van der Waals surface area contributed by atoms with Crippen LogP contribution in [0.15, 0.2) is 30.7 Å². The van der Waals surface area contributed by atoms with Crippen molar-refractivity contribution < 1.29 is 18.3 Å². The van der Waals surface area contributed by atoms with Gasteiger partial charge in [0.05, 0.1) is 24.1 Å². The summed E-state index contributed by atoms with van der Waals surface area (Å²) in [5.74, 6) is -1.80. The third-order valence-electron chi connectivity index (χ3n) is 4.62. The summed E-state index contributed by atoms with van der Waals surface area (Å²) in [7, 11) is 0. The molecule has 7 nitrogen and oxygen atoms in total. The Balaban J connectivity index is 1.59. The molecular weight excluding hydrogens is 400 g/mol. The zero-order valence-electron chi connectivity index (χ0n) is 15.6. The molecule has 1 aliphatic heterocycles. The molecule has 4 rings (SSSR count). The van der Waals surface area contributed by atoms with Crippen LogP contribution < -0.4 is 4.90 Å². The van der Waals surface area contributed by atoms with Gasteiger partial charge in [-0.3, -0.25) is 19.6 Å². The second-order valence-corrected chi connectivity index (χ2v) is 7.59. The van der Waals surface area contributed by atoms with Crippen molar-refractivity contribution in [1.82, 2.24) is 19.9 Å². The van der Waals surface area contributed by atoms with E-state index in [0.29, 0.717) is 36.0 Å². The molecule has 0 spiro atoms. The van der Waals surface area contributed by atoms with Crippen LogP contribution in [0.5, 0.6) is 0 Å². The van der Waals surface area contributed by atoms with Crippen LogP contribution in [-0.2, 0) is 4.74 Å². The lowest BCUT2D eigenvalue weighted by molar-refractivity contribution is 0.0376. The molecule has 1 aliphatic rings. The summed E-state index contributed by atoms with van der Waals surface area (Å²) in [6.07, 6.45) is 4.99. The quantitative estimate of drug-likeness (QED) is 0.612. The first-order valence-electron chi connectivity index (χ1n) is 9.25. The normalized spacial score (nSPS) is 15.0. The SMILES string of the molecule is O=C(c1cnccn1)N(CCCN1CCOCC1)c1nc2c(F)cc(F)cc2s1. The fourth-order valence-corrected chi connectivity index (χ4v) is 4.20. The minimum Gasteiger partial charge on any atom is -0.379 e. The van der Waals surface area contributed by atoms with E-state index in [4.69, 9.17) is 4.74 Å². The van der Waals surface area contributed by atoms with Crippen molar-refractivity contribution in [3.05, 3.63) is 48.1 Å². The van der Waals surface area contributed by atoms with Crippen molar-refractivity contribution >= 4 is 32.6 Å². The second-order valence-electron chi connectivity index (χ2n) is 6.59. The molecule has 0 atom stereocenters. The Morgan fingerprint density at radius 2 is 2.07 bits per heavy atom. The van der Waals surface area contributed by atoms with Crippen LogP contribution in [-0.4, -0.2) is 65.2 Å². The number of halogens is 2. The van der Waals surface area contributed by atoms with Crippen molar-refractivity contribution in [3.63, 3.8) is 0 Å². The number of hydrogen-bond donors (Lipinski definition) is 0. The first kappa shape index (κ1) is 19.7. The highest BCUT2D eigenvalue weighted by molar-refractivity contribution is 7.22. The minimum atomic E-state index is -0.747. The molecule has 2 aromatic heterocycles. The molecule has 152 valence electrons. The zero-order chi connectivity index (χ0) is 20.2. The first-order chi connectivity index (χ1) is 14.1. The van der Waals surface area contributed by atoms with Crippen LogP contribution in [0, 0.1) is 11.6 Å². The van der Waals surface area contributed by atoms with Gasteiger partial charge in [0.2, 0.25) is 0 Å². The maximum atomic E-state index is 14.1. The molecule has 1 amide bonds. The van der Waals surface area contributed by atoms with Gasteiger partial charge < -0.3 is 4.74 Å². The zero-order valence-corrected chi connectivity index (χ0v) is 16.4. The topological polar surface area (TPSA) is 71.5 Å². The van der Waals surface area contributed by atoms with Crippen LogP contribution in [0.25, 0.3) is 10.2 Å². The second kappa shape index (κ2) is 8.85. The number of fused-ring (bicyclic) bond motifs is 1. The highest BCUT2D eigenvalue weighted by Gasteiger charge is 2.24. The van der Waals surface area contributed by atoms with Crippen molar-refractivity contribution in [2.24, 2.45) is 0 Å². The van der Waals surface area contributed by atoms with Gasteiger partial charge in [-0.2, -0.15) is 0 Å². The lowest BCUT2D eigenvalue weighted by Crippen LogP contribution is -2.39. The molecule has 10 heteroatoms. The van der Waals surface area contributed by atoms with Crippen LogP contribution in [0.2, 0.25) is 0 Å². The molecule has 0 aliphatic carbocycles. The number of rotatable bonds is 6. The summed E-state index contributed by atoms with van der Waals surface area (Å²) in [5, 5.41) is 0.308. The number of thiazole rings is 1. The fourth-order valence-electron chi connectivity index (χ4n) is 3.17. The predicted octanol–water partition coefficient (Wildman–Crippen LogP) is 2.73. The van der Waals surface area contributed by atoms with Gasteiger partial charge in [0.25, 0.3) is 5.91 Å². The number of morpholine rings is 1. The molecule has 1 saturated heterocycles. The van der Waals surface area contributed by atoms with Crippen molar-refractivity contribution in [2.45, 2.75) is 6.42 Å². The Morgan fingerprint density at radius 3 is 2.83 bits per heavy atom. The molecular formula is C19H19F2N5O2S. The number of benzene rings is 1. The number of ether oxygens (including phenoxy) is 1. The molecule has 0 unspecified atom stereocenters. The first-order valence-corrected chi connectivity index (χ1v) is 10.1. The van der Waals surface area contributed by atoms with E-state index in [9.17, 15) is 13.6 Å². The van der Waals surface area contributed by atoms with E-state index < -0.39 is 11.6 Å². The molecule has 0 bridgehead atoms. The molecule has 1 aromatic carbocycles. The van der Waals surface area contributed by atoms with Crippen LogP contribution >= 0.6 is 11.3 Å². The minimum absolute atomic E-state index is 0.0523. The van der Waals surface area contributed by atoms with Crippen LogP contribution in [0.1, 0.15) is 16.9 Å². The molecule has 1 fully saturated rings. The summed E-state index contributed by atoms with van der Waals surface area (Å²) < 4.78 is 33.4. The fraction of sp³-hybridized carbons (Fsp3) is 0.368. The van der Waals surface area contributed by atoms with E-state index in [1.54, 1.807) is 0 Å². The Labute approximate surface area is 170 Å². The Kier molecular flexibility index (Phi) is 6.02. The number of carbonyl (C=O) groups excluding carboxylic acids is 1. The molecule has 0 radical (unpaired) electrons. The van der Waals surface area contributed by atoms with Gasteiger partial charge in [-0.05, 0) is 12.5 Å².